The molecule has 10 heteroatoms. The van der Waals surface area contributed by atoms with E-state index >= 15 is 0 Å². The minimum atomic E-state index is -3.95. The molecule has 0 amide bonds. The van der Waals surface area contributed by atoms with Gasteiger partial charge >= 0.3 is 0 Å². The van der Waals surface area contributed by atoms with Crippen molar-refractivity contribution < 1.29 is 17.6 Å². The standard InChI is InChI=1S/C19H17ClFN3O3S2/c1-12-19(28-16-7-3-14(20)4-8-16)13(2)24(23-12)18(25)11-22-29(26,27)17-9-5-15(21)6-10-17/h3-10,22H,11H2,1-2H3. The Bertz CT molecular complexity index is 1140. The summed E-state index contributed by atoms with van der Waals surface area (Å²) in [5, 5.41) is 4.87. The number of nitrogens with one attached hydrogen (secondary N) is 1. The second-order valence-electron chi connectivity index (χ2n) is 6.14. The number of rotatable bonds is 6. The molecular weight excluding hydrogens is 437 g/mol. The fourth-order valence-electron chi connectivity index (χ4n) is 2.57. The third-order valence-electron chi connectivity index (χ3n) is 4.03. The van der Waals surface area contributed by atoms with Crippen molar-refractivity contribution in [2.45, 2.75) is 28.5 Å². The van der Waals surface area contributed by atoms with Crippen LogP contribution in [0.1, 0.15) is 16.2 Å². The lowest BCUT2D eigenvalue weighted by atomic mass is 10.4. The van der Waals surface area contributed by atoms with E-state index in [1.165, 1.54) is 16.4 Å². The number of carbonyl (C=O) groups excluding carboxylic acids is 1. The van der Waals surface area contributed by atoms with Crippen molar-refractivity contribution in [1.29, 1.82) is 0 Å². The van der Waals surface area contributed by atoms with E-state index in [0.717, 1.165) is 34.1 Å². The van der Waals surface area contributed by atoms with Crippen LogP contribution in [0.15, 0.2) is 63.2 Å². The highest BCUT2D eigenvalue weighted by atomic mass is 35.5. The second-order valence-corrected chi connectivity index (χ2v) is 9.43. The van der Waals surface area contributed by atoms with Crippen LogP contribution in [-0.2, 0) is 10.0 Å². The van der Waals surface area contributed by atoms with Crippen molar-refractivity contribution in [2.75, 3.05) is 6.54 Å². The number of hydrogen-bond acceptors (Lipinski definition) is 5. The van der Waals surface area contributed by atoms with Gasteiger partial charge in [-0.3, -0.25) is 4.79 Å². The van der Waals surface area contributed by atoms with E-state index in [-0.39, 0.29) is 4.90 Å². The van der Waals surface area contributed by atoms with Gasteiger partial charge in [-0.25, -0.2) is 22.2 Å². The molecule has 0 fully saturated rings. The third-order valence-corrected chi connectivity index (χ3v) is 7.00. The first-order valence-corrected chi connectivity index (χ1v) is 11.1. The molecule has 1 N–H and O–H groups in total. The smallest absolute Gasteiger partial charge is 0.262 e. The number of aromatic nitrogens is 2. The van der Waals surface area contributed by atoms with Crippen LogP contribution in [0.3, 0.4) is 0 Å². The van der Waals surface area contributed by atoms with E-state index in [4.69, 9.17) is 11.6 Å². The van der Waals surface area contributed by atoms with Gasteiger partial charge in [-0.1, -0.05) is 23.4 Å². The van der Waals surface area contributed by atoms with Gasteiger partial charge in [-0.2, -0.15) is 5.10 Å². The number of nitrogens with zero attached hydrogens (tertiary/aromatic N) is 2. The van der Waals surface area contributed by atoms with Crippen molar-refractivity contribution in [3.63, 3.8) is 0 Å². The highest BCUT2D eigenvalue weighted by Gasteiger charge is 2.20. The molecule has 6 nitrogen and oxygen atoms in total. The minimum Gasteiger partial charge on any atom is -0.271 e. The Labute approximate surface area is 177 Å². The van der Waals surface area contributed by atoms with E-state index in [9.17, 15) is 17.6 Å². The summed E-state index contributed by atoms with van der Waals surface area (Å²) in [5.41, 5.74) is 1.26. The second kappa shape index (κ2) is 8.66. The fourth-order valence-corrected chi connectivity index (χ4v) is 4.60. The Balaban J connectivity index is 1.74. The largest absolute Gasteiger partial charge is 0.271 e. The van der Waals surface area contributed by atoms with E-state index in [0.29, 0.717) is 16.4 Å². The molecule has 0 saturated carbocycles. The van der Waals surface area contributed by atoms with E-state index < -0.39 is 28.3 Å². The van der Waals surface area contributed by atoms with Crippen molar-refractivity contribution in [1.82, 2.24) is 14.5 Å². The van der Waals surface area contributed by atoms with Gasteiger partial charge in [-0.05, 0) is 62.4 Å². The SMILES string of the molecule is Cc1nn(C(=O)CNS(=O)(=O)c2ccc(F)cc2)c(C)c1Sc1ccc(Cl)cc1. The molecule has 29 heavy (non-hydrogen) atoms. The van der Waals surface area contributed by atoms with Crippen molar-refractivity contribution in [3.8, 4) is 0 Å². The van der Waals surface area contributed by atoms with Crippen LogP contribution >= 0.6 is 23.4 Å². The average molecular weight is 454 g/mol. The Morgan fingerprint density at radius 3 is 2.38 bits per heavy atom. The van der Waals surface area contributed by atoms with Crippen LogP contribution in [0.5, 0.6) is 0 Å². The zero-order chi connectivity index (χ0) is 21.2. The molecule has 0 aliphatic heterocycles. The number of sulfonamides is 1. The predicted molar refractivity (Wildman–Crippen MR) is 109 cm³/mol. The van der Waals surface area contributed by atoms with Crippen molar-refractivity contribution >= 4 is 39.3 Å². The lowest BCUT2D eigenvalue weighted by molar-refractivity contribution is 0.0900. The first-order chi connectivity index (χ1) is 13.7. The number of hydrogen-bond donors (Lipinski definition) is 1. The molecule has 0 aliphatic carbocycles. The van der Waals surface area contributed by atoms with Crippen LogP contribution in [0.25, 0.3) is 0 Å². The Morgan fingerprint density at radius 2 is 1.76 bits per heavy atom. The average Bonchev–Trinajstić information content (AvgIpc) is 2.96. The molecule has 0 atom stereocenters. The summed E-state index contributed by atoms with van der Waals surface area (Å²) in [5.74, 6) is -1.08. The van der Waals surface area contributed by atoms with Crippen LogP contribution in [-0.4, -0.2) is 30.7 Å². The molecule has 1 aromatic heterocycles. The Morgan fingerprint density at radius 1 is 1.14 bits per heavy atom. The molecule has 1 heterocycles. The molecule has 3 rings (SSSR count). The molecule has 0 radical (unpaired) electrons. The highest BCUT2D eigenvalue weighted by molar-refractivity contribution is 7.99. The maximum absolute atomic E-state index is 13.0. The highest BCUT2D eigenvalue weighted by Crippen LogP contribution is 2.33. The van der Waals surface area contributed by atoms with Gasteiger partial charge in [0.2, 0.25) is 10.0 Å². The number of carbonyl (C=O) groups is 1. The number of benzene rings is 2. The monoisotopic (exact) mass is 453 g/mol. The van der Waals surface area contributed by atoms with Gasteiger partial charge in [0.15, 0.2) is 0 Å². The number of aryl methyl sites for hydroxylation is 1. The predicted octanol–water partition coefficient (Wildman–Crippen LogP) is 4.06. The van der Waals surface area contributed by atoms with E-state index in [2.05, 4.69) is 9.82 Å². The van der Waals surface area contributed by atoms with Gasteiger partial charge in [-0.15, -0.1) is 0 Å². The fraction of sp³-hybridized carbons (Fsp3) is 0.158. The lowest BCUT2D eigenvalue weighted by Crippen LogP contribution is -2.33. The molecule has 0 unspecified atom stereocenters. The van der Waals surface area contributed by atoms with E-state index in [1.807, 2.05) is 12.1 Å². The molecule has 0 saturated heterocycles. The van der Waals surface area contributed by atoms with Crippen LogP contribution in [0, 0.1) is 19.7 Å². The first-order valence-electron chi connectivity index (χ1n) is 8.45. The first kappa shape index (κ1) is 21.5. The molecule has 2 aromatic carbocycles. The van der Waals surface area contributed by atoms with Crippen LogP contribution < -0.4 is 4.72 Å². The third kappa shape index (κ3) is 5.05. The van der Waals surface area contributed by atoms with E-state index in [1.54, 1.807) is 26.0 Å². The normalized spacial score (nSPS) is 11.6. The topological polar surface area (TPSA) is 81.1 Å². The maximum atomic E-state index is 13.0. The molecule has 0 spiro atoms. The summed E-state index contributed by atoms with van der Waals surface area (Å²) in [4.78, 5) is 14.2. The Kier molecular flexibility index (Phi) is 6.42. The molecule has 3 aromatic rings. The lowest BCUT2D eigenvalue weighted by Gasteiger charge is -2.07. The minimum absolute atomic E-state index is 0.126. The van der Waals surface area contributed by atoms with Gasteiger partial charge in [0.25, 0.3) is 5.91 Å². The summed E-state index contributed by atoms with van der Waals surface area (Å²) in [6.45, 7) is 3.04. The quantitative estimate of drug-likeness (QED) is 0.608. The molecule has 0 aliphatic rings. The zero-order valence-electron chi connectivity index (χ0n) is 15.5. The van der Waals surface area contributed by atoms with Crippen LogP contribution in [0.4, 0.5) is 4.39 Å². The zero-order valence-corrected chi connectivity index (χ0v) is 17.9. The summed E-state index contributed by atoms with van der Waals surface area (Å²) in [6, 6.07) is 11.6. The van der Waals surface area contributed by atoms with Gasteiger partial charge in [0.1, 0.15) is 5.82 Å². The number of halogens is 2. The van der Waals surface area contributed by atoms with Crippen molar-refractivity contribution in [2.24, 2.45) is 0 Å². The van der Waals surface area contributed by atoms with Crippen LogP contribution in [0.2, 0.25) is 5.02 Å². The van der Waals surface area contributed by atoms with Gasteiger partial charge in [0, 0.05) is 9.92 Å². The Hall–Kier alpha value is -2.20. The summed E-state index contributed by atoms with van der Waals surface area (Å²) in [7, 11) is -3.95. The molecule has 0 bridgehead atoms. The maximum Gasteiger partial charge on any atom is 0.262 e. The molecule has 152 valence electrons. The molecular formula is C19H17ClFN3O3S2. The van der Waals surface area contributed by atoms with Crippen molar-refractivity contribution in [3.05, 3.63) is 70.8 Å². The summed E-state index contributed by atoms with van der Waals surface area (Å²) >= 11 is 7.34. The van der Waals surface area contributed by atoms with Gasteiger partial charge in [0.05, 0.1) is 27.7 Å². The summed E-state index contributed by atoms with van der Waals surface area (Å²) < 4.78 is 40.9. The summed E-state index contributed by atoms with van der Waals surface area (Å²) in [6.07, 6.45) is 0. The van der Waals surface area contributed by atoms with Gasteiger partial charge < -0.3 is 0 Å².